The van der Waals surface area contributed by atoms with Crippen LogP contribution in [-0.2, 0) is 22.2 Å². The Kier molecular flexibility index (Phi) is 7.45. The number of rotatable bonds is 7. The molecule has 43 heavy (non-hydrogen) atoms. The van der Waals surface area contributed by atoms with Crippen molar-refractivity contribution in [2.24, 2.45) is 0 Å². The van der Waals surface area contributed by atoms with Gasteiger partial charge in [0.15, 0.2) is 5.79 Å². The number of anilines is 1. The van der Waals surface area contributed by atoms with Crippen LogP contribution in [0.2, 0.25) is 0 Å². The van der Waals surface area contributed by atoms with Crippen LogP contribution in [0.15, 0.2) is 59.5 Å². The van der Waals surface area contributed by atoms with Gasteiger partial charge in [0.25, 0.3) is 0 Å². The maximum Gasteiger partial charge on any atom is 0.416 e. The van der Waals surface area contributed by atoms with Crippen molar-refractivity contribution in [3.63, 3.8) is 0 Å². The van der Waals surface area contributed by atoms with Gasteiger partial charge in [-0.3, -0.25) is 9.13 Å². The predicted molar refractivity (Wildman–Crippen MR) is 152 cm³/mol. The average molecular weight is 601 g/mol. The summed E-state index contributed by atoms with van der Waals surface area (Å²) in [6.45, 7) is 6.27. The molecule has 2 aliphatic rings. The second kappa shape index (κ2) is 11.0. The van der Waals surface area contributed by atoms with Crippen molar-refractivity contribution in [3.05, 3.63) is 87.7 Å². The molecule has 6 rings (SSSR count). The molecule has 228 valence electrons. The molecule has 2 fully saturated rings. The molecule has 12 heteroatoms. The van der Waals surface area contributed by atoms with E-state index in [0.717, 1.165) is 11.6 Å². The van der Waals surface area contributed by atoms with Crippen LogP contribution in [0.3, 0.4) is 0 Å². The van der Waals surface area contributed by atoms with Crippen molar-refractivity contribution in [3.8, 4) is 5.88 Å². The standard InChI is InChI=1S/C31H32F4N4O4/c1-19-7-6-10-24(32)26(19)37-14-12-21(16-37)39-25-11-13-36-28(41-17-22-18-42-30(2,3)43-22)27(25)38(29(39)40)15-20-8-4-5-9-23(20)31(33,34)35/h4-11,13,21-22H,12,14-18H2,1-3H3/t21-,22?/m1/s1. The molecular formula is C31H32F4N4O4. The van der Waals surface area contributed by atoms with Crippen LogP contribution in [0.1, 0.15) is 43.0 Å². The fourth-order valence-electron chi connectivity index (χ4n) is 6.11. The number of aryl methyl sites for hydroxylation is 1. The molecule has 2 aromatic heterocycles. The van der Waals surface area contributed by atoms with E-state index in [1.54, 1.807) is 30.5 Å². The molecule has 2 aliphatic heterocycles. The molecule has 4 heterocycles. The summed E-state index contributed by atoms with van der Waals surface area (Å²) in [7, 11) is 0. The van der Waals surface area contributed by atoms with Gasteiger partial charge in [0.1, 0.15) is 24.0 Å². The Hall–Kier alpha value is -3.90. The minimum Gasteiger partial charge on any atom is -0.473 e. The lowest BCUT2D eigenvalue weighted by Crippen LogP contribution is -2.30. The Morgan fingerprint density at radius 3 is 2.63 bits per heavy atom. The third-order valence-corrected chi connectivity index (χ3v) is 7.99. The highest BCUT2D eigenvalue weighted by Gasteiger charge is 2.36. The van der Waals surface area contributed by atoms with E-state index < -0.39 is 29.3 Å². The second-order valence-electron chi connectivity index (χ2n) is 11.4. The van der Waals surface area contributed by atoms with Gasteiger partial charge in [0.2, 0.25) is 5.88 Å². The summed E-state index contributed by atoms with van der Waals surface area (Å²) >= 11 is 0. The molecule has 0 bridgehead atoms. The summed E-state index contributed by atoms with van der Waals surface area (Å²) < 4.78 is 77.0. The van der Waals surface area contributed by atoms with E-state index in [1.165, 1.54) is 35.0 Å². The lowest BCUT2D eigenvalue weighted by molar-refractivity contribution is -0.141. The number of benzene rings is 2. The zero-order valence-corrected chi connectivity index (χ0v) is 24.0. The van der Waals surface area contributed by atoms with E-state index in [4.69, 9.17) is 14.2 Å². The Balaban J connectivity index is 1.42. The number of alkyl halides is 3. The van der Waals surface area contributed by atoms with Crippen LogP contribution in [0.25, 0.3) is 11.0 Å². The molecule has 2 saturated heterocycles. The Bertz CT molecular complexity index is 1690. The Labute approximate surface area is 245 Å². The highest BCUT2D eigenvalue weighted by Crippen LogP contribution is 2.36. The largest absolute Gasteiger partial charge is 0.473 e. The van der Waals surface area contributed by atoms with Crippen molar-refractivity contribution in [2.75, 3.05) is 31.2 Å². The summed E-state index contributed by atoms with van der Waals surface area (Å²) in [4.78, 5) is 20.4. The quantitative estimate of drug-likeness (QED) is 0.254. The monoisotopic (exact) mass is 600 g/mol. The van der Waals surface area contributed by atoms with Gasteiger partial charge in [-0.05, 0) is 56.5 Å². The molecule has 1 unspecified atom stereocenters. The van der Waals surface area contributed by atoms with E-state index >= 15 is 0 Å². The van der Waals surface area contributed by atoms with Gasteiger partial charge >= 0.3 is 11.9 Å². The molecule has 2 atom stereocenters. The number of para-hydroxylation sites is 1. The Morgan fingerprint density at radius 2 is 1.91 bits per heavy atom. The van der Waals surface area contributed by atoms with Crippen LogP contribution in [-0.4, -0.2) is 52.3 Å². The molecule has 0 saturated carbocycles. The van der Waals surface area contributed by atoms with E-state index in [1.807, 2.05) is 17.9 Å². The zero-order valence-electron chi connectivity index (χ0n) is 24.0. The number of ether oxygens (including phenoxy) is 3. The SMILES string of the molecule is Cc1cccc(F)c1N1CC[C@@H](n2c(=O)n(Cc3ccccc3C(F)(F)F)c3c(OCC4COC(C)(C)O4)nccc32)C1. The Morgan fingerprint density at radius 1 is 1.12 bits per heavy atom. The molecular weight excluding hydrogens is 568 g/mol. The average Bonchev–Trinajstić information content (AvgIpc) is 3.63. The number of pyridine rings is 1. The lowest BCUT2D eigenvalue weighted by atomic mass is 10.1. The lowest BCUT2D eigenvalue weighted by Gasteiger charge is -2.21. The number of nitrogens with zero attached hydrogens (tertiary/aromatic N) is 4. The highest BCUT2D eigenvalue weighted by molar-refractivity contribution is 5.81. The minimum absolute atomic E-state index is 0.0599. The maximum absolute atomic E-state index is 14.8. The number of aromatic nitrogens is 3. The number of imidazole rings is 1. The smallest absolute Gasteiger partial charge is 0.416 e. The molecule has 2 aromatic carbocycles. The maximum atomic E-state index is 14.8. The van der Waals surface area contributed by atoms with Gasteiger partial charge < -0.3 is 19.1 Å². The van der Waals surface area contributed by atoms with Gasteiger partial charge in [-0.25, -0.2) is 14.2 Å². The first-order valence-electron chi connectivity index (χ1n) is 14.1. The molecule has 0 radical (unpaired) electrons. The fourth-order valence-corrected chi connectivity index (χ4v) is 6.11. The van der Waals surface area contributed by atoms with E-state index in [9.17, 15) is 22.4 Å². The van der Waals surface area contributed by atoms with Gasteiger partial charge in [0.05, 0.1) is 36.0 Å². The van der Waals surface area contributed by atoms with Crippen LogP contribution in [0, 0.1) is 12.7 Å². The normalized spacial score (nSPS) is 20.3. The summed E-state index contributed by atoms with van der Waals surface area (Å²) in [5.74, 6) is -1.02. The minimum atomic E-state index is -4.60. The third-order valence-electron chi connectivity index (χ3n) is 7.99. The first kappa shape index (κ1) is 29.2. The highest BCUT2D eigenvalue weighted by atomic mass is 19.4. The van der Waals surface area contributed by atoms with Crippen molar-refractivity contribution in [2.45, 2.75) is 57.8 Å². The molecule has 0 amide bonds. The first-order chi connectivity index (χ1) is 20.4. The second-order valence-corrected chi connectivity index (χ2v) is 11.4. The number of hydrogen-bond donors (Lipinski definition) is 0. The van der Waals surface area contributed by atoms with Crippen LogP contribution in [0.5, 0.6) is 5.88 Å². The van der Waals surface area contributed by atoms with Gasteiger partial charge in [0, 0.05) is 19.3 Å². The van der Waals surface area contributed by atoms with Crippen LogP contribution in [0.4, 0.5) is 23.2 Å². The number of halogens is 4. The fraction of sp³-hybridized carbons (Fsp3) is 0.419. The van der Waals surface area contributed by atoms with Crippen molar-refractivity contribution in [1.29, 1.82) is 0 Å². The summed E-state index contributed by atoms with van der Waals surface area (Å²) in [5.41, 5.74) is 0.631. The molecule has 0 N–H and O–H groups in total. The number of fused-ring (bicyclic) bond motifs is 1. The molecule has 4 aromatic rings. The summed E-state index contributed by atoms with van der Waals surface area (Å²) in [6, 6.07) is 11.4. The van der Waals surface area contributed by atoms with Gasteiger partial charge in [-0.2, -0.15) is 13.2 Å². The van der Waals surface area contributed by atoms with Crippen molar-refractivity contribution < 1.29 is 31.8 Å². The third kappa shape index (κ3) is 5.61. The summed E-state index contributed by atoms with van der Waals surface area (Å²) in [5, 5.41) is 0. The van der Waals surface area contributed by atoms with Crippen molar-refractivity contribution >= 4 is 16.7 Å². The molecule has 0 aliphatic carbocycles. The molecule has 8 nitrogen and oxygen atoms in total. The summed E-state index contributed by atoms with van der Waals surface area (Å²) in [6.07, 6.45) is -2.96. The number of hydrogen-bond acceptors (Lipinski definition) is 6. The zero-order chi connectivity index (χ0) is 30.5. The van der Waals surface area contributed by atoms with Gasteiger partial charge in [-0.1, -0.05) is 30.3 Å². The van der Waals surface area contributed by atoms with Crippen LogP contribution >= 0.6 is 0 Å². The van der Waals surface area contributed by atoms with Gasteiger partial charge in [-0.15, -0.1) is 0 Å². The van der Waals surface area contributed by atoms with E-state index in [2.05, 4.69) is 4.98 Å². The van der Waals surface area contributed by atoms with E-state index in [0.29, 0.717) is 37.3 Å². The molecule has 0 spiro atoms. The van der Waals surface area contributed by atoms with E-state index in [-0.39, 0.29) is 42.0 Å². The van der Waals surface area contributed by atoms with Crippen LogP contribution < -0.4 is 15.3 Å². The predicted octanol–water partition coefficient (Wildman–Crippen LogP) is 5.69. The first-order valence-corrected chi connectivity index (χ1v) is 14.1. The van der Waals surface area contributed by atoms with Crippen molar-refractivity contribution in [1.82, 2.24) is 14.1 Å². The topological polar surface area (TPSA) is 70.8 Å².